The van der Waals surface area contributed by atoms with Crippen molar-refractivity contribution in [1.82, 2.24) is 20.4 Å². The van der Waals surface area contributed by atoms with E-state index < -0.39 is 0 Å². The fourth-order valence-corrected chi connectivity index (χ4v) is 2.63. The Hall–Kier alpha value is -3.35. The van der Waals surface area contributed by atoms with Crippen molar-refractivity contribution in [2.24, 2.45) is 0 Å². The van der Waals surface area contributed by atoms with Gasteiger partial charge in [0.25, 0.3) is 5.91 Å². The van der Waals surface area contributed by atoms with Gasteiger partial charge in [-0.2, -0.15) is 5.10 Å². The molecule has 2 heterocycles. The zero-order chi connectivity index (χ0) is 19.2. The highest BCUT2D eigenvalue weighted by atomic mass is 16.3. The lowest BCUT2D eigenvalue weighted by atomic mass is 10.2. The number of benzene rings is 1. The number of furan rings is 1. The lowest BCUT2D eigenvalue weighted by Gasteiger charge is -2.10. The van der Waals surface area contributed by atoms with E-state index in [9.17, 15) is 9.59 Å². The Labute approximate surface area is 157 Å². The van der Waals surface area contributed by atoms with Crippen LogP contribution in [0, 0.1) is 0 Å². The van der Waals surface area contributed by atoms with Gasteiger partial charge in [-0.1, -0.05) is 18.2 Å². The molecule has 0 aliphatic rings. The number of hydrogen-bond donors (Lipinski definition) is 2. The Morgan fingerprint density at radius 1 is 1.15 bits per heavy atom. The summed E-state index contributed by atoms with van der Waals surface area (Å²) in [5, 5.41) is 10.1. The topological polar surface area (TPSA) is 89.2 Å². The van der Waals surface area contributed by atoms with Gasteiger partial charge in [-0.3, -0.25) is 9.59 Å². The van der Waals surface area contributed by atoms with Gasteiger partial charge < -0.3 is 15.1 Å². The van der Waals surface area contributed by atoms with Crippen LogP contribution in [0.4, 0.5) is 0 Å². The Morgan fingerprint density at radius 2 is 1.93 bits per heavy atom. The summed E-state index contributed by atoms with van der Waals surface area (Å²) in [6.07, 6.45) is 1.78. The lowest BCUT2D eigenvalue weighted by Crippen LogP contribution is -2.34. The van der Waals surface area contributed by atoms with E-state index >= 15 is 0 Å². The summed E-state index contributed by atoms with van der Waals surface area (Å²) < 4.78 is 6.96. The van der Waals surface area contributed by atoms with Crippen molar-refractivity contribution in [2.75, 3.05) is 6.54 Å². The summed E-state index contributed by atoms with van der Waals surface area (Å²) in [5.74, 6) is 0.176. The standard InChI is InChI=1S/C20H22N4O3/c1-14(2)22-19(25)10-11-21-20(26)17-13-16(18-9-6-12-27-18)23-24(17)15-7-4-3-5-8-15/h3-9,12-14H,10-11H2,1-2H3,(H,21,26)(H,22,25). The number of aromatic nitrogens is 2. The van der Waals surface area contributed by atoms with E-state index in [1.807, 2.05) is 44.2 Å². The van der Waals surface area contributed by atoms with Crippen LogP contribution in [0.1, 0.15) is 30.8 Å². The molecule has 0 saturated heterocycles. The average Bonchev–Trinajstić information content (AvgIpc) is 3.31. The van der Waals surface area contributed by atoms with Crippen molar-refractivity contribution in [2.45, 2.75) is 26.3 Å². The van der Waals surface area contributed by atoms with E-state index in [2.05, 4.69) is 15.7 Å². The Morgan fingerprint density at radius 3 is 2.59 bits per heavy atom. The molecule has 0 atom stereocenters. The molecule has 2 aromatic heterocycles. The van der Waals surface area contributed by atoms with Crippen LogP contribution in [-0.4, -0.2) is 34.2 Å². The monoisotopic (exact) mass is 366 g/mol. The molecule has 1 aromatic carbocycles. The van der Waals surface area contributed by atoms with Gasteiger partial charge in [0.15, 0.2) is 5.76 Å². The predicted molar refractivity (Wildman–Crippen MR) is 101 cm³/mol. The second-order valence-corrected chi connectivity index (χ2v) is 6.37. The molecule has 0 bridgehead atoms. The number of para-hydroxylation sites is 1. The maximum Gasteiger partial charge on any atom is 0.270 e. The summed E-state index contributed by atoms with van der Waals surface area (Å²) in [5.41, 5.74) is 1.70. The van der Waals surface area contributed by atoms with Gasteiger partial charge in [-0.25, -0.2) is 4.68 Å². The van der Waals surface area contributed by atoms with E-state index in [4.69, 9.17) is 4.42 Å². The molecule has 0 aliphatic heterocycles. The van der Waals surface area contributed by atoms with Gasteiger partial charge in [0.1, 0.15) is 11.4 Å². The zero-order valence-electron chi connectivity index (χ0n) is 15.3. The number of carbonyl (C=O) groups excluding carboxylic acids is 2. The van der Waals surface area contributed by atoms with E-state index in [1.165, 1.54) is 0 Å². The Balaban J connectivity index is 1.79. The smallest absolute Gasteiger partial charge is 0.270 e. The minimum atomic E-state index is -0.304. The van der Waals surface area contributed by atoms with Crippen LogP contribution in [0.15, 0.2) is 59.2 Å². The second kappa shape index (κ2) is 8.35. The maximum atomic E-state index is 12.7. The second-order valence-electron chi connectivity index (χ2n) is 6.37. The molecule has 27 heavy (non-hydrogen) atoms. The summed E-state index contributed by atoms with van der Waals surface area (Å²) in [6.45, 7) is 4.03. The third-order valence-corrected chi connectivity index (χ3v) is 3.80. The van der Waals surface area contributed by atoms with Crippen LogP contribution in [0.5, 0.6) is 0 Å². The highest BCUT2D eigenvalue weighted by molar-refractivity contribution is 5.94. The SMILES string of the molecule is CC(C)NC(=O)CCNC(=O)c1cc(-c2ccco2)nn1-c1ccccc1. The Kier molecular flexibility index (Phi) is 5.71. The summed E-state index contributed by atoms with van der Waals surface area (Å²) >= 11 is 0. The van der Waals surface area contributed by atoms with Gasteiger partial charge in [-0.05, 0) is 38.1 Å². The van der Waals surface area contributed by atoms with Crippen LogP contribution >= 0.6 is 0 Å². The first-order valence-electron chi connectivity index (χ1n) is 8.81. The van der Waals surface area contributed by atoms with Crippen molar-refractivity contribution in [3.05, 3.63) is 60.5 Å². The van der Waals surface area contributed by atoms with E-state index in [1.54, 1.807) is 29.1 Å². The third-order valence-electron chi connectivity index (χ3n) is 3.80. The number of hydrogen-bond acceptors (Lipinski definition) is 4. The third kappa shape index (κ3) is 4.63. The van der Waals surface area contributed by atoms with Crippen LogP contribution in [0.2, 0.25) is 0 Å². The molecular weight excluding hydrogens is 344 g/mol. The fourth-order valence-electron chi connectivity index (χ4n) is 2.63. The van der Waals surface area contributed by atoms with E-state index in [0.717, 1.165) is 5.69 Å². The molecule has 0 radical (unpaired) electrons. The fraction of sp³-hybridized carbons (Fsp3) is 0.250. The predicted octanol–water partition coefficient (Wildman–Crippen LogP) is 2.78. The minimum absolute atomic E-state index is 0.0727. The van der Waals surface area contributed by atoms with Crippen molar-refractivity contribution in [3.8, 4) is 17.1 Å². The molecule has 3 rings (SSSR count). The number of nitrogens with zero attached hydrogens (tertiary/aromatic N) is 2. The zero-order valence-corrected chi connectivity index (χ0v) is 15.3. The first-order valence-corrected chi connectivity index (χ1v) is 8.81. The van der Waals surface area contributed by atoms with Crippen molar-refractivity contribution < 1.29 is 14.0 Å². The van der Waals surface area contributed by atoms with Gasteiger partial charge in [0.2, 0.25) is 5.91 Å². The molecule has 0 spiro atoms. The number of rotatable bonds is 7. The van der Waals surface area contributed by atoms with E-state index in [0.29, 0.717) is 17.1 Å². The van der Waals surface area contributed by atoms with Gasteiger partial charge in [0, 0.05) is 25.1 Å². The lowest BCUT2D eigenvalue weighted by molar-refractivity contribution is -0.121. The largest absolute Gasteiger partial charge is 0.463 e. The first-order chi connectivity index (χ1) is 13.0. The maximum absolute atomic E-state index is 12.7. The quantitative estimate of drug-likeness (QED) is 0.673. The van der Waals surface area contributed by atoms with Gasteiger partial charge >= 0.3 is 0 Å². The molecule has 2 N–H and O–H groups in total. The van der Waals surface area contributed by atoms with Crippen molar-refractivity contribution in [1.29, 1.82) is 0 Å². The number of carbonyl (C=O) groups is 2. The van der Waals surface area contributed by atoms with Crippen LogP contribution < -0.4 is 10.6 Å². The normalized spacial score (nSPS) is 10.8. The average molecular weight is 366 g/mol. The summed E-state index contributed by atoms with van der Waals surface area (Å²) in [7, 11) is 0. The Bertz CT molecular complexity index is 899. The van der Waals surface area contributed by atoms with Crippen LogP contribution in [0.3, 0.4) is 0 Å². The van der Waals surface area contributed by atoms with Crippen molar-refractivity contribution in [3.63, 3.8) is 0 Å². The molecule has 0 aliphatic carbocycles. The molecule has 0 unspecified atom stereocenters. The highest BCUT2D eigenvalue weighted by Gasteiger charge is 2.18. The molecule has 2 amide bonds. The van der Waals surface area contributed by atoms with E-state index in [-0.39, 0.29) is 30.8 Å². The minimum Gasteiger partial charge on any atom is -0.463 e. The molecule has 0 fully saturated rings. The molecule has 0 saturated carbocycles. The molecule has 7 nitrogen and oxygen atoms in total. The van der Waals surface area contributed by atoms with Crippen LogP contribution in [-0.2, 0) is 4.79 Å². The first kappa shape index (κ1) is 18.4. The summed E-state index contributed by atoms with van der Waals surface area (Å²) in [4.78, 5) is 24.4. The van der Waals surface area contributed by atoms with Crippen molar-refractivity contribution >= 4 is 11.8 Å². The summed E-state index contributed by atoms with van der Waals surface area (Å²) in [6, 6.07) is 14.7. The van der Waals surface area contributed by atoms with Gasteiger partial charge in [0.05, 0.1) is 12.0 Å². The van der Waals surface area contributed by atoms with Gasteiger partial charge in [-0.15, -0.1) is 0 Å². The molecule has 140 valence electrons. The molecular formula is C20H22N4O3. The number of nitrogens with one attached hydrogen (secondary N) is 2. The van der Waals surface area contributed by atoms with Crippen LogP contribution in [0.25, 0.3) is 17.1 Å². The number of amides is 2. The molecule has 7 heteroatoms. The molecule has 3 aromatic rings. The highest BCUT2D eigenvalue weighted by Crippen LogP contribution is 2.22.